The molecule has 2 nitrogen and oxygen atoms in total. The van der Waals surface area contributed by atoms with Crippen molar-refractivity contribution in [2.24, 2.45) is 0 Å². The van der Waals surface area contributed by atoms with E-state index in [0.29, 0.717) is 11.3 Å². The summed E-state index contributed by atoms with van der Waals surface area (Å²) in [6, 6.07) is 6.84. The van der Waals surface area contributed by atoms with Crippen molar-refractivity contribution in [3.63, 3.8) is 0 Å². The monoisotopic (exact) mass is 288 g/mol. The van der Waals surface area contributed by atoms with Crippen molar-refractivity contribution in [1.29, 1.82) is 0 Å². The molecule has 0 saturated carbocycles. The van der Waals surface area contributed by atoms with Crippen molar-refractivity contribution in [3.05, 3.63) is 42.5 Å². The Morgan fingerprint density at radius 1 is 1.40 bits per heavy atom. The molecule has 0 spiro atoms. The lowest BCUT2D eigenvalue weighted by Crippen LogP contribution is -2.14. The molecule has 1 atom stereocenters. The van der Waals surface area contributed by atoms with Gasteiger partial charge in [0.05, 0.1) is 4.90 Å². The smallest absolute Gasteiger partial charge is 0.191 e. The van der Waals surface area contributed by atoms with E-state index in [-0.39, 0.29) is 0 Å². The van der Waals surface area contributed by atoms with Crippen LogP contribution in [0.2, 0.25) is 0 Å². The minimum Gasteiger partial charge on any atom is -0.223 e. The Kier molecular flexibility index (Phi) is 4.11. The van der Waals surface area contributed by atoms with Gasteiger partial charge in [0, 0.05) is 0 Å². The predicted octanol–water partition coefficient (Wildman–Crippen LogP) is 3.07. The van der Waals surface area contributed by atoms with Gasteiger partial charge in [0.1, 0.15) is 4.16 Å². The molecule has 0 radical (unpaired) electrons. The van der Waals surface area contributed by atoms with Gasteiger partial charge in [-0.1, -0.05) is 39.7 Å². The standard InChI is InChI=1S/C11H13BrO2S/c1-3-4-11(12)15(13,14)10-7-5-9(2)6-8-10/h3,5-8,11H,1,4H2,2H3. The third-order valence-electron chi connectivity index (χ3n) is 2.04. The molecule has 0 N–H and O–H groups in total. The number of aryl methyl sites for hydroxylation is 1. The Morgan fingerprint density at radius 2 is 1.93 bits per heavy atom. The number of allylic oxidation sites excluding steroid dienone is 1. The molecule has 0 heterocycles. The van der Waals surface area contributed by atoms with Gasteiger partial charge in [-0.05, 0) is 25.5 Å². The highest BCUT2D eigenvalue weighted by Gasteiger charge is 2.23. The van der Waals surface area contributed by atoms with Crippen LogP contribution in [0.25, 0.3) is 0 Å². The number of sulfone groups is 1. The van der Waals surface area contributed by atoms with Crippen LogP contribution in [0.4, 0.5) is 0 Å². The fourth-order valence-corrected chi connectivity index (χ4v) is 3.25. The van der Waals surface area contributed by atoms with E-state index in [4.69, 9.17) is 0 Å². The third kappa shape index (κ3) is 2.92. The van der Waals surface area contributed by atoms with E-state index in [9.17, 15) is 8.42 Å². The summed E-state index contributed by atoms with van der Waals surface area (Å²) in [5, 5.41) is 0. The molecular weight excluding hydrogens is 276 g/mol. The van der Waals surface area contributed by atoms with Crippen LogP contribution >= 0.6 is 15.9 Å². The molecular formula is C11H13BrO2S. The molecule has 0 aliphatic heterocycles. The lowest BCUT2D eigenvalue weighted by atomic mass is 10.2. The first-order valence-electron chi connectivity index (χ1n) is 4.54. The number of hydrogen-bond acceptors (Lipinski definition) is 2. The van der Waals surface area contributed by atoms with E-state index < -0.39 is 14.0 Å². The van der Waals surface area contributed by atoms with Crippen LogP contribution < -0.4 is 0 Å². The molecule has 1 unspecified atom stereocenters. The highest BCUT2D eigenvalue weighted by Crippen LogP contribution is 2.23. The first-order valence-corrected chi connectivity index (χ1v) is 7.00. The van der Waals surface area contributed by atoms with Gasteiger partial charge >= 0.3 is 0 Å². The lowest BCUT2D eigenvalue weighted by Gasteiger charge is -2.09. The minimum absolute atomic E-state index is 0.344. The SMILES string of the molecule is C=CCC(Br)S(=O)(=O)c1ccc(C)cc1. The van der Waals surface area contributed by atoms with Crippen molar-refractivity contribution in [3.8, 4) is 0 Å². The molecule has 0 saturated heterocycles. The Morgan fingerprint density at radius 3 is 2.40 bits per heavy atom. The average molecular weight is 289 g/mol. The molecule has 1 aromatic rings. The lowest BCUT2D eigenvalue weighted by molar-refractivity contribution is 0.593. The molecule has 1 aromatic carbocycles. The number of benzene rings is 1. The van der Waals surface area contributed by atoms with Gasteiger partial charge in [0.2, 0.25) is 0 Å². The Balaban J connectivity index is 3.06. The molecule has 1 rings (SSSR count). The molecule has 0 aliphatic carbocycles. The van der Waals surface area contributed by atoms with Gasteiger partial charge in [0.15, 0.2) is 9.84 Å². The average Bonchev–Trinajstić information content (AvgIpc) is 2.18. The van der Waals surface area contributed by atoms with Crippen molar-refractivity contribution in [2.45, 2.75) is 22.4 Å². The fourth-order valence-electron chi connectivity index (χ4n) is 1.13. The molecule has 82 valence electrons. The van der Waals surface area contributed by atoms with E-state index >= 15 is 0 Å². The number of rotatable bonds is 4. The first kappa shape index (κ1) is 12.5. The first-order chi connectivity index (χ1) is 6.98. The van der Waals surface area contributed by atoms with Gasteiger partial charge in [-0.15, -0.1) is 6.58 Å². The summed E-state index contributed by atoms with van der Waals surface area (Å²) in [4.78, 5) is 0.344. The Hall–Kier alpha value is -0.610. The van der Waals surface area contributed by atoms with Gasteiger partial charge in [0.25, 0.3) is 0 Å². The highest BCUT2D eigenvalue weighted by atomic mass is 79.9. The number of hydrogen-bond donors (Lipinski definition) is 0. The van der Waals surface area contributed by atoms with Gasteiger partial charge in [-0.25, -0.2) is 8.42 Å². The second kappa shape index (κ2) is 4.94. The summed E-state index contributed by atoms with van der Waals surface area (Å²) in [5.74, 6) is 0. The van der Waals surface area contributed by atoms with Crippen molar-refractivity contribution in [1.82, 2.24) is 0 Å². The van der Waals surface area contributed by atoms with Crippen LogP contribution in [0.15, 0.2) is 41.8 Å². The van der Waals surface area contributed by atoms with Gasteiger partial charge in [-0.3, -0.25) is 0 Å². The van der Waals surface area contributed by atoms with Crippen LogP contribution in [-0.2, 0) is 9.84 Å². The van der Waals surface area contributed by atoms with Crippen molar-refractivity contribution >= 4 is 25.8 Å². The van der Waals surface area contributed by atoms with E-state index in [1.165, 1.54) is 0 Å². The largest absolute Gasteiger partial charge is 0.223 e. The molecule has 0 aliphatic rings. The molecule has 15 heavy (non-hydrogen) atoms. The van der Waals surface area contributed by atoms with Crippen LogP contribution in [0.1, 0.15) is 12.0 Å². The topological polar surface area (TPSA) is 34.1 Å². The summed E-state index contributed by atoms with van der Waals surface area (Å²) in [6.07, 6.45) is 1.99. The second-order valence-corrected chi connectivity index (χ2v) is 7.13. The molecule has 0 fully saturated rings. The van der Waals surface area contributed by atoms with Gasteiger partial charge in [-0.2, -0.15) is 0 Å². The maximum absolute atomic E-state index is 11.9. The van der Waals surface area contributed by atoms with E-state index in [2.05, 4.69) is 22.5 Å². The zero-order valence-corrected chi connectivity index (χ0v) is 10.9. The fraction of sp³-hybridized carbons (Fsp3) is 0.273. The van der Waals surface area contributed by atoms with Crippen molar-refractivity contribution < 1.29 is 8.42 Å². The Bertz CT molecular complexity index is 434. The zero-order valence-electron chi connectivity index (χ0n) is 8.48. The molecule has 4 heteroatoms. The zero-order chi connectivity index (χ0) is 11.5. The molecule has 0 bridgehead atoms. The number of halogens is 1. The second-order valence-electron chi connectivity index (χ2n) is 3.29. The van der Waals surface area contributed by atoms with E-state index in [1.54, 1.807) is 30.3 Å². The maximum atomic E-state index is 11.9. The predicted molar refractivity (Wildman–Crippen MR) is 65.9 cm³/mol. The Labute approximate surface area is 99.1 Å². The van der Waals surface area contributed by atoms with E-state index in [0.717, 1.165) is 5.56 Å². The van der Waals surface area contributed by atoms with Crippen LogP contribution in [0.5, 0.6) is 0 Å². The van der Waals surface area contributed by atoms with Gasteiger partial charge < -0.3 is 0 Å². The summed E-state index contributed by atoms with van der Waals surface area (Å²) < 4.78 is 23.3. The summed E-state index contributed by atoms with van der Waals surface area (Å²) in [6.45, 7) is 5.45. The normalized spacial score (nSPS) is 13.5. The number of alkyl halides is 1. The van der Waals surface area contributed by atoms with Crippen LogP contribution in [0.3, 0.4) is 0 Å². The highest BCUT2D eigenvalue weighted by molar-refractivity contribution is 9.11. The molecule has 0 amide bonds. The quantitative estimate of drug-likeness (QED) is 0.630. The van der Waals surface area contributed by atoms with Crippen LogP contribution in [-0.4, -0.2) is 12.6 Å². The minimum atomic E-state index is -3.27. The van der Waals surface area contributed by atoms with E-state index in [1.807, 2.05) is 6.92 Å². The van der Waals surface area contributed by atoms with Crippen LogP contribution in [0, 0.1) is 6.92 Å². The molecule has 0 aromatic heterocycles. The van der Waals surface area contributed by atoms with Crippen molar-refractivity contribution in [2.75, 3.05) is 0 Å². The summed E-state index contributed by atoms with van der Waals surface area (Å²) >= 11 is 3.16. The summed E-state index contributed by atoms with van der Waals surface area (Å²) in [5.41, 5.74) is 1.05. The third-order valence-corrected chi connectivity index (χ3v) is 5.68. The summed E-state index contributed by atoms with van der Waals surface area (Å²) in [7, 11) is -3.27. The maximum Gasteiger partial charge on any atom is 0.191 e.